The molecule has 0 spiro atoms. The maximum Gasteiger partial charge on any atom is 0.270 e. The molecule has 1 saturated heterocycles. The van der Waals surface area contributed by atoms with E-state index in [1.54, 1.807) is 4.90 Å². The molecule has 3 nitrogen and oxygen atoms in total. The molecule has 1 aliphatic heterocycles. The lowest BCUT2D eigenvalue weighted by Gasteiger charge is -2.16. The minimum Gasteiger partial charge on any atom is -0.487 e. The number of hydrogen-bond acceptors (Lipinski definition) is 4. The molecule has 0 aliphatic carbocycles. The quantitative estimate of drug-likeness (QED) is 0.211. The van der Waals surface area contributed by atoms with Crippen molar-refractivity contribution in [1.29, 1.82) is 0 Å². The maximum atomic E-state index is 13.1. The van der Waals surface area contributed by atoms with Gasteiger partial charge in [-0.1, -0.05) is 53.8 Å². The molecular formula is C25H18Br2ClNO2S2. The van der Waals surface area contributed by atoms with E-state index in [0.717, 1.165) is 31.3 Å². The number of carbonyl (C=O) groups is 1. The van der Waals surface area contributed by atoms with Gasteiger partial charge in [0.15, 0.2) is 4.32 Å². The molecule has 1 fully saturated rings. The second-order valence-electron chi connectivity index (χ2n) is 7.51. The van der Waals surface area contributed by atoms with E-state index >= 15 is 0 Å². The van der Waals surface area contributed by atoms with Crippen LogP contribution >= 0.6 is 67.4 Å². The van der Waals surface area contributed by atoms with E-state index in [1.807, 2.05) is 74.5 Å². The fourth-order valence-electron chi connectivity index (χ4n) is 3.24. The van der Waals surface area contributed by atoms with Crippen molar-refractivity contribution in [3.8, 4) is 5.75 Å². The third kappa shape index (κ3) is 5.54. The molecule has 0 bridgehead atoms. The molecule has 1 heterocycles. The Morgan fingerprint density at radius 3 is 2.33 bits per heavy atom. The average molecular weight is 624 g/mol. The van der Waals surface area contributed by atoms with Crippen LogP contribution in [0.1, 0.15) is 22.3 Å². The third-order valence-corrected chi connectivity index (χ3v) is 7.89. The van der Waals surface area contributed by atoms with Gasteiger partial charge in [-0.15, -0.1) is 0 Å². The number of thioether (sulfide) groups is 1. The molecule has 168 valence electrons. The van der Waals surface area contributed by atoms with E-state index in [0.29, 0.717) is 26.6 Å². The van der Waals surface area contributed by atoms with Crippen LogP contribution in [0.25, 0.3) is 6.08 Å². The number of carbonyl (C=O) groups excluding carboxylic acids is 1. The Labute approximate surface area is 224 Å². The van der Waals surface area contributed by atoms with Gasteiger partial charge in [-0.3, -0.25) is 9.69 Å². The Kier molecular flexibility index (Phi) is 7.66. The van der Waals surface area contributed by atoms with Crippen LogP contribution in [0.15, 0.2) is 68.4 Å². The number of benzene rings is 3. The van der Waals surface area contributed by atoms with Gasteiger partial charge >= 0.3 is 0 Å². The Morgan fingerprint density at radius 1 is 1.03 bits per heavy atom. The van der Waals surface area contributed by atoms with Crippen molar-refractivity contribution in [2.24, 2.45) is 0 Å². The smallest absolute Gasteiger partial charge is 0.270 e. The van der Waals surface area contributed by atoms with Gasteiger partial charge < -0.3 is 4.74 Å². The molecule has 1 amide bonds. The summed E-state index contributed by atoms with van der Waals surface area (Å²) in [5.74, 6) is 0.563. The Morgan fingerprint density at radius 2 is 1.70 bits per heavy atom. The molecule has 8 heteroatoms. The second-order valence-corrected chi connectivity index (χ2v) is 11.3. The highest BCUT2D eigenvalue weighted by Gasteiger charge is 2.33. The predicted molar refractivity (Wildman–Crippen MR) is 149 cm³/mol. The van der Waals surface area contributed by atoms with Crippen LogP contribution < -0.4 is 9.64 Å². The van der Waals surface area contributed by atoms with Crippen LogP contribution in [0.2, 0.25) is 5.02 Å². The van der Waals surface area contributed by atoms with Crippen molar-refractivity contribution in [3.63, 3.8) is 0 Å². The van der Waals surface area contributed by atoms with E-state index in [9.17, 15) is 4.79 Å². The van der Waals surface area contributed by atoms with E-state index in [4.69, 9.17) is 28.6 Å². The zero-order valence-corrected chi connectivity index (χ0v) is 23.3. The van der Waals surface area contributed by atoms with Crippen LogP contribution in [0.3, 0.4) is 0 Å². The normalized spacial score (nSPS) is 14.9. The molecule has 1 aliphatic rings. The van der Waals surface area contributed by atoms with Gasteiger partial charge in [0, 0.05) is 5.02 Å². The molecule has 0 radical (unpaired) electrons. The van der Waals surface area contributed by atoms with Crippen molar-refractivity contribution < 1.29 is 9.53 Å². The van der Waals surface area contributed by atoms with Gasteiger partial charge in [0.2, 0.25) is 0 Å². The van der Waals surface area contributed by atoms with Gasteiger partial charge in [-0.25, -0.2) is 0 Å². The first-order valence-electron chi connectivity index (χ1n) is 9.94. The Hall–Kier alpha value is -1.64. The summed E-state index contributed by atoms with van der Waals surface area (Å²) in [5, 5.41) is 0.688. The number of anilines is 1. The summed E-state index contributed by atoms with van der Waals surface area (Å²) >= 11 is 19.9. The number of aryl methyl sites for hydroxylation is 2. The van der Waals surface area contributed by atoms with Crippen molar-refractivity contribution in [1.82, 2.24) is 0 Å². The summed E-state index contributed by atoms with van der Waals surface area (Å²) in [5.41, 5.74) is 4.95. The fourth-order valence-corrected chi connectivity index (χ4v) is 6.12. The fraction of sp³-hybridized carbons (Fsp3) is 0.120. The van der Waals surface area contributed by atoms with Crippen molar-refractivity contribution in [3.05, 3.63) is 95.7 Å². The van der Waals surface area contributed by atoms with Gasteiger partial charge in [0.1, 0.15) is 12.4 Å². The number of amides is 1. The van der Waals surface area contributed by atoms with Crippen LogP contribution in [0, 0.1) is 13.8 Å². The monoisotopic (exact) mass is 621 g/mol. The number of halogens is 3. The molecule has 3 aromatic carbocycles. The lowest BCUT2D eigenvalue weighted by atomic mass is 10.1. The van der Waals surface area contributed by atoms with Crippen LogP contribution in [0.4, 0.5) is 5.69 Å². The molecule has 3 aromatic rings. The van der Waals surface area contributed by atoms with Crippen LogP contribution in [0.5, 0.6) is 5.75 Å². The molecule has 0 saturated carbocycles. The lowest BCUT2D eigenvalue weighted by molar-refractivity contribution is -0.113. The molecule has 0 aromatic heterocycles. The van der Waals surface area contributed by atoms with Crippen molar-refractivity contribution >= 4 is 89.4 Å². The van der Waals surface area contributed by atoms with Gasteiger partial charge in [-0.2, -0.15) is 0 Å². The van der Waals surface area contributed by atoms with E-state index in [1.165, 1.54) is 17.3 Å². The molecule has 4 rings (SSSR count). The highest BCUT2D eigenvalue weighted by Crippen LogP contribution is 2.39. The highest BCUT2D eigenvalue weighted by molar-refractivity contribution is 9.11. The first-order chi connectivity index (χ1) is 15.7. The molecule has 0 N–H and O–H groups in total. The summed E-state index contributed by atoms with van der Waals surface area (Å²) in [6.45, 7) is 4.47. The number of rotatable bonds is 5. The number of hydrogen-bond donors (Lipinski definition) is 0. The van der Waals surface area contributed by atoms with Crippen molar-refractivity contribution in [2.75, 3.05) is 4.90 Å². The first kappa shape index (κ1) is 24.5. The zero-order valence-electron chi connectivity index (χ0n) is 17.7. The van der Waals surface area contributed by atoms with Crippen LogP contribution in [-0.4, -0.2) is 10.2 Å². The SMILES string of the molecule is Cc1ccc(N2C(=O)/C(=C\c3cc(Br)c(OCc4ccc(Cl)cc4)c(Br)c3)SC2=S)cc1C. The van der Waals surface area contributed by atoms with Gasteiger partial charge in [0.05, 0.1) is 19.5 Å². The summed E-state index contributed by atoms with van der Waals surface area (Å²) in [6, 6.07) is 17.3. The topological polar surface area (TPSA) is 29.5 Å². The second kappa shape index (κ2) is 10.3. The van der Waals surface area contributed by atoms with E-state index in [2.05, 4.69) is 31.9 Å². The maximum absolute atomic E-state index is 13.1. The minimum absolute atomic E-state index is 0.122. The number of ether oxygens (including phenoxy) is 1. The number of nitrogens with zero attached hydrogens (tertiary/aromatic N) is 1. The number of thiocarbonyl (C=S) groups is 1. The summed E-state index contributed by atoms with van der Waals surface area (Å²) in [7, 11) is 0. The Balaban J connectivity index is 1.55. The first-order valence-corrected chi connectivity index (χ1v) is 13.1. The molecular weight excluding hydrogens is 606 g/mol. The van der Waals surface area contributed by atoms with Gasteiger partial charge in [0.25, 0.3) is 5.91 Å². The predicted octanol–water partition coefficient (Wildman–Crippen LogP) is 8.47. The van der Waals surface area contributed by atoms with Crippen molar-refractivity contribution in [2.45, 2.75) is 20.5 Å². The largest absolute Gasteiger partial charge is 0.487 e. The van der Waals surface area contributed by atoms with Crippen LogP contribution in [-0.2, 0) is 11.4 Å². The summed E-state index contributed by atoms with van der Waals surface area (Å²) < 4.78 is 8.08. The highest BCUT2D eigenvalue weighted by atomic mass is 79.9. The van der Waals surface area contributed by atoms with Gasteiger partial charge in [-0.05, 0) is 110 Å². The molecule has 33 heavy (non-hydrogen) atoms. The summed E-state index contributed by atoms with van der Waals surface area (Å²) in [4.78, 5) is 15.3. The Bertz CT molecular complexity index is 1270. The third-order valence-electron chi connectivity index (χ3n) is 5.16. The average Bonchev–Trinajstić information content (AvgIpc) is 3.03. The van der Waals surface area contributed by atoms with E-state index in [-0.39, 0.29) is 5.91 Å². The standard InChI is InChI=1S/C25H18Br2ClNO2S2/c1-14-3-8-19(9-15(14)2)29-24(30)22(33-25(29)32)12-17-10-20(26)23(21(27)11-17)31-13-16-4-6-18(28)7-5-16/h3-12H,13H2,1-2H3/b22-12+. The molecule has 0 unspecified atom stereocenters. The van der Waals surface area contributed by atoms with E-state index < -0.39 is 0 Å². The lowest BCUT2D eigenvalue weighted by Crippen LogP contribution is -2.27. The summed E-state index contributed by atoms with van der Waals surface area (Å²) in [6.07, 6.45) is 1.85. The minimum atomic E-state index is -0.122. The zero-order chi connectivity index (χ0) is 23.7. The molecule has 0 atom stereocenters.